The number of amides is 2. The molecule has 4 rings (SSSR count). The van der Waals surface area contributed by atoms with E-state index in [1.54, 1.807) is 55.5 Å². The summed E-state index contributed by atoms with van der Waals surface area (Å²) < 4.78 is 10.6. The number of esters is 2. The summed E-state index contributed by atoms with van der Waals surface area (Å²) >= 11 is 7.14. The zero-order valence-electron chi connectivity index (χ0n) is 21.3. The van der Waals surface area contributed by atoms with Gasteiger partial charge >= 0.3 is 23.8 Å². The van der Waals surface area contributed by atoms with Gasteiger partial charge in [-0.15, -0.1) is 11.3 Å². The van der Waals surface area contributed by atoms with Crippen LogP contribution >= 0.6 is 22.9 Å². The van der Waals surface area contributed by atoms with Crippen molar-refractivity contribution in [2.24, 2.45) is 11.0 Å². The van der Waals surface area contributed by atoms with Gasteiger partial charge in [-0.2, -0.15) is 5.10 Å². The van der Waals surface area contributed by atoms with Crippen molar-refractivity contribution in [1.82, 2.24) is 5.43 Å². The molecule has 0 fully saturated rings. The minimum atomic E-state index is -1.01. The fraction of sp³-hybridized carbons (Fsp3) is 0.250. The molecule has 39 heavy (non-hydrogen) atoms. The minimum absolute atomic E-state index is 0.198. The van der Waals surface area contributed by atoms with Gasteiger partial charge in [0.05, 0.1) is 23.9 Å². The molecular weight excluding hydrogens is 542 g/mol. The number of benzene rings is 2. The molecule has 0 saturated carbocycles. The Labute approximate surface area is 234 Å². The highest BCUT2D eigenvalue weighted by Crippen LogP contribution is 2.40. The summed E-state index contributed by atoms with van der Waals surface area (Å²) in [5.74, 6) is -2.31. The van der Waals surface area contributed by atoms with Crippen LogP contribution in [0.4, 0.5) is 5.00 Å². The fourth-order valence-electron chi connectivity index (χ4n) is 4.04. The van der Waals surface area contributed by atoms with Gasteiger partial charge < -0.3 is 14.8 Å². The van der Waals surface area contributed by atoms with Crippen molar-refractivity contribution in [3.05, 3.63) is 80.7 Å². The lowest BCUT2D eigenvalue weighted by Crippen LogP contribution is -2.32. The van der Waals surface area contributed by atoms with Crippen molar-refractivity contribution in [3.8, 4) is 5.75 Å². The minimum Gasteiger partial charge on any atom is -0.462 e. The number of anilines is 1. The molecule has 0 spiro atoms. The summed E-state index contributed by atoms with van der Waals surface area (Å²) in [6.45, 7) is 4.04. The summed E-state index contributed by atoms with van der Waals surface area (Å²) in [5, 5.41) is 7.17. The second-order valence-electron chi connectivity index (χ2n) is 8.90. The van der Waals surface area contributed by atoms with Gasteiger partial charge in [0, 0.05) is 9.90 Å². The van der Waals surface area contributed by atoms with E-state index < -0.39 is 23.8 Å². The molecule has 0 aliphatic heterocycles. The highest BCUT2D eigenvalue weighted by molar-refractivity contribution is 7.17. The van der Waals surface area contributed by atoms with E-state index in [0.717, 1.165) is 23.3 Å². The summed E-state index contributed by atoms with van der Waals surface area (Å²) in [5.41, 5.74) is 4.22. The molecule has 9 nitrogen and oxygen atoms in total. The molecule has 11 heteroatoms. The zero-order chi connectivity index (χ0) is 27.9. The van der Waals surface area contributed by atoms with Gasteiger partial charge in [-0.05, 0) is 79.6 Å². The number of carbonyl (C=O) groups excluding carboxylic acids is 4. The predicted molar refractivity (Wildman–Crippen MR) is 149 cm³/mol. The van der Waals surface area contributed by atoms with E-state index in [1.165, 1.54) is 17.6 Å². The van der Waals surface area contributed by atoms with Crippen LogP contribution in [-0.2, 0) is 27.2 Å². The van der Waals surface area contributed by atoms with E-state index in [-0.39, 0.29) is 12.4 Å². The molecular formula is C28H26ClN3O6S. The van der Waals surface area contributed by atoms with Crippen LogP contribution < -0.4 is 15.5 Å². The molecule has 2 amide bonds. The predicted octanol–water partition coefficient (Wildman–Crippen LogP) is 5.01. The number of thiophene rings is 1. The van der Waals surface area contributed by atoms with E-state index in [1.807, 2.05) is 0 Å². The smallest absolute Gasteiger partial charge is 0.343 e. The summed E-state index contributed by atoms with van der Waals surface area (Å²) in [7, 11) is 0. The number of ether oxygens (including phenoxy) is 2. The maximum atomic E-state index is 12.6. The average Bonchev–Trinajstić information content (AvgIpc) is 3.26. The number of hydrazone groups is 1. The number of nitrogens with zero attached hydrogens (tertiary/aromatic N) is 1. The van der Waals surface area contributed by atoms with Crippen LogP contribution in [0, 0.1) is 5.92 Å². The van der Waals surface area contributed by atoms with Gasteiger partial charge in [0.1, 0.15) is 10.8 Å². The van der Waals surface area contributed by atoms with Crippen LogP contribution in [-0.4, -0.2) is 36.6 Å². The third kappa shape index (κ3) is 7.10. The lowest BCUT2D eigenvalue weighted by molar-refractivity contribution is -0.136. The molecule has 2 N–H and O–H groups in total. The molecule has 2 aromatic carbocycles. The van der Waals surface area contributed by atoms with Crippen LogP contribution in [0.5, 0.6) is 5.75 Å². The molecule has 1 unspecified atom stereocenters. The molecule has 1 atom stereocenters. The first kappa shape index (κ1) is 28.0. The SMILES string of the molecule is CCOC(=O)c1c(NC(=O)C(=O)N/N=C/c2cccc(OC(=O)c3ccc(Cl)cc3)c2)sc2c1CCC(C)C2. The maximum absolute atomic E-state index is 12.6. The Morgan fingerprint density at radius 1 is 1.10 bits per heavy atom. The third-order valence-corrected chi connectivity index (χ3v) is 7.37. The van der Waals surface area contributed by atoms with Gasteiger partial charge in [-0.25, -0.2) is 15.0 Å². The number of hydrogen-bond donors (Lipinski definition) is 2. The Morgan fingerprint density at radius 3 is 2.62 bits per heavy atom. The first-order valence-electron chi connectivity index (χ1n) is 12.3. The van der Waals surface area contributed by atoms with Crippen molar-refractivity contribution >= 4 is 57.9 Å². The quantitative estimate of drug-likeness (QED) is 0.136. The largest absolute Gasteiger partial charge is 0.462 e. The number of nitrogens with one attached hydrogen (secondary N) is 2. The number of rotatable bonds is 7. The molecule has 3 aromatic rings. The second kappa shape index (κ2) is 12.7. The first-order chi connectivity index (χ1) is 18.7. The molecule has 1 heterocycles. The third-order valence-electron chi connectivity index (χ3n) is 5.95. The number of hydrogen-bond acceptors (Lipinski definition) is 8. The molecule has 1 aliphatic rings. The van der Waals surface area contributed by atoms with Gasteiger partial charge in [-0.3, -0.25) is 9.59 Å². The Kier molecular flexibility index (Phi) is 9.11. The highest BCUT2D eigenvalue weighted by Gasteiger charge is 2.30. The van der Waals surface area contributed by atoms with Crippen molar-refractivity contribution < 1.29 is 28.7 Å². The maximum Gasteiger partial charge on any atom is 0.343 e. The summed E-state index contributed by atoms with van der Waals surface area (Å²) in [6, 6.07) is 12.8. The van der Waals surface area contributed by atoms with E-state index in [9.17, 15) is 19.2 Å². The fourth-order valence-corrected chi connectivity index (χ4v) is 5.56. The van der Waals surface area contributed by atoms with Crippen LogP contribution in [0.3, 0.4) is 0 Å². The second-order valence-corrected chi connectivity index (χ2v) is 10.4. The van der Waals surface area contributed by atoms with Crippen molar-refractivity contribution in [1.29, 1.82) is 0 Å². The van der Waals surface area contributed by atoms with Gasteiger partial charge in [0.2, 0.25) is 0 Å². The Morgan fingerprint density at radius 2 is 1.87 bits per heavy atom. The van der Waals surface area contributed by atoms with Crippen molar-refractivity contribution in [3.63, 3.8) is 0 Å². The summed E-state index contributed by atoms with van der Waals surface area (Å²) in [6.07, 6.45) is 3.74. The van der Waals surface area contributed by atoms with Gasteiger partial charge in [0.25, 0.3) is 0 Å². The van der Waals surface area contributed by atoms with E-state index in [0.29, 0.717) is 39.1 Å². The summed E-state index contributed by atoms with van der Waals surface area (Å²) in [4.78, 5) is 51.0. The molecule has 1 aromatic heterocycles. The molecule has 0 saturated heterocycles. The number of fused-ring (bicyclic) bond motifs is 1. The monoisotopic (exact) mass is 567 g/mol. The number of halogens is 1. The Bertz CT molecular complexity index is 1430. The first-order valence-corrected chi connectivity index (χ1v) is 13.5. The standard InChI is InChI=1S/C28H26ClN3O6S/c1-3-37-28(36)23-21-12-7-16(2)13-22(21)39-26(23)31-24(33)25(34)32-30-15-17-5-4-6-20(14-17)38-27(35)18-8-10-19(29)11-9-18/h4-6,8-11,14-16H,3,7,12-13H2,1-2H3,(H,31,33)(H,32,34)/b30-15+. The zero-order valence-corrected chi connectivity index (χ0v) is 22.9. The molecule has 0 bridgehead atoms. The van der Waals surface area contributed by atoms with Crippen LogP contribution in [0.15, 0.2) is 53.6 Å². The topological polar surface area (TPSA) is 123 Å². The Balaban J connectivity index is 1.38. The van der Waals surface area contributed by atoms with Crippen LogP contribution in [0.25, 0.3) is 0 Å². The lowest BCUT2D eigenvalue weighted by Gasteiger charge is -2.18. The lowest BCUT2D eigenvalue weighted by atomic mass is 9.88. The van der Waals surface area contributed by atoms with Gasteiger partial charge in [0.15, 0.2) is 0 Å². The van der Waals surface area contributed by atoms with E-state index in [2.05, 4.69) is 22.8 Å². The molecule has 0 radical (unpaired) electrons. The van der Waals surface area contributed by atoms with E-state index >= 15 is 0 Å². The Hall–Kier alpha value is -4.02. The number of carbonyl (C=O) groups is 4. The van der Waals surface area contributed by atoms with Crippen LogP contribution in [0.1, 0.15) is 57.0 Å². The van der Waals surface area contributed by atoms with Crippen molar-refractivity contribution in [2.75, 3.05) is 11.9 Å². The molecule has 1 aliphatic carbocycles. The average molecular weight is 568 g/mol. The highest BCUT2D eigenvalue weighted by atomic mass is 35.5. The van der Waals surface area contributed by atoms with Crippen molar-refractivity contribution in [2.45, 2.75) is 33.1 Å². The normalized spacial score (nSPS) is 14.4. The van der Waals surface area contributed by atoms with Gasteiger partial charge in [-0.1, -0.05) is 30.7 Å². The van der Waals surface area contributed by atoms with Crippen LogP contribution in [0.2, 0.25) is 5.02 Å². The van der Waals surface area contributed by atoms with E-state index in [4.69, 9.17) is 21.1 Å². The molecule has 202 valence electrons.